The number of hydroxylamine groups is 1. The van der Waals surface area contributed by atoms with E-state index in [4.69, 9.17) is 14.8 Å². The lowest BCUT2D eigenvalue weighted by atomic mass is 9.81. The zero-order valence-corrected chi connectivity index (χ0v) is 17.6. The average Bonchev–Trinajstić information content (AvgIpc) is 2.80. The number of piperidine rings is 1. The van der Waals surface area contributed by atoms with Crippen molar-refractivity contribution in [2.75, 3.05) is 20.2 Å². The Balaban J connectivity index is 1.50. The van der Waals surface area contributed by atoms with E-state index in [0.717, 1.165) is 55.1 Å². The fraction of sp³-hybridized carbons (Fsp3) is 0.333. The molecule has 2 aromatic rings. The van der Waals surface area contributed by atoms with E-state index in [1.165, 1.54) is 11.6 Å². The highest BCUT2D eigenvalue weighted by Gasteiger charge is 2.42. The Morgan fingerprint density at radius 3 is 2.74 bits per heavy atom. The normalized spacial score (nSPS) is 19.2. The van der Waals surface area contributed by atoms with Gasteiger partial charge in [-0.3, -0.25) is 14.9 Å². The number of carbonyl (C=O) groups excluding carboxylic acids is 1. The minimum absolute atomic E-state index is 0.286. The molecular formula is C24H27N3O4. The first-order chi connectivity index (χ1) is 15.1. The second-order valence-corrected chi connectivity index (χ2v) is 8.01. The molecule has 0 unspecified atom stereocenters. The van der Waals surface area contributed by atoms with Crippen molar-refractivity contribution < 1.29 is 19.6 Å². The van der Waals surface area contributed by atoms with E-state index in [1.54, 1.807) is 18.7 Å². The van der Waals surface area contributed by atoms with E-state index in [1.807, 2.05) is 24.3 Å². The van der Waals surface area contributed by atoms with Crippen LogP contribution in [0.25, 0.3) is 6.08 Å². The second-order valence-electron chi connectivity index (χ2n) is 8.01. The fourth-order valence-electron chi connectivity index (χ4n) is 4.28. The van der Waals surface area contributed by atoms with Crippen LogP contribution in [0.2, 0.25) is 0 Å². The van der Waals surface area contributed by atoms with Crippen molar-refractivity contribution >= 4 is 17.7 Å². The number of carbonyl (C=O) groups is 1. The number of fused-ring (bicyclic) bond motifs is 1. The van der Waals surface area contributed by atoms with Gasteiger partial charge in [-0.05, 0) is 29.3 Å². The molecule has 1 saturated heterocycles. The van der Waals surface area contributed by atoms with Gasteiger partial charge in [-0.25, -0.2) is 5.48 Å². The number of ether oxygens (including phenoxy) is 1. The number of oxime groups is 1. The number of nitrogens with one attached hydrogen (secondary N) is 1. The summed E-state index contributed by atoms with van der Waals surface area (Å²) >= 11 is 0. The van der Waals surface area contributed by atoms with Crippen LogP contribution < -0.4 is 10.2 Å². The number of hydrogen-bond acceptors (Lipinski definition) is 6. The lowest BCUT2D eigenvalue weighted by Gasteiger charge is -2.44. The zero-order chi connectivity index (χ0) is 21.7. The molecule has 0 radical (unpaired) electrons. The maximum atomic E-state index is 11.3. The first-order valence-electron chi connectivity index (χ1n) is 10.4. The van der Waals surface area contributed by atoms with Crippen LogP contribution in [0.3, 0.4) is 0 Å². The Kier molecular flexibility index (Phi) is 6.34. The molecule has 2 aliphatic heterocycles. The molecule has 0 aromatic heterocycles. The molecule has 31 heavy (non-hydrogen) atoms. The summed E-state index contributed by atoms with van der Waals surface area (Å²) in [6.45, 7) is 2.87. The van der Waals surface area contributed by atoms with Gasteiger partial charge in [0.1, 0.15) is 18.5 Å². The number of hydrogen-bond donors (Lipinski definition) is 2. The minimum atomic E-state index is -0.582. The van der Waals surface area contributed by atoms with Gasteiger partial charge in [0, 0.05) is 50.5 Å². The van der Waals surface area contributed by atoms with Crippen LogP contribution in [0.5, 0.6) is 5.75 Å². The van der Waals surface area contributed by atoms with Gasteiger partial charge in [-0.15, -0.1) is 0 Å². The molecule has 2 aromatic carbocycles. The van der Waals surface area contributed by atoms with Crippen molar-refractivity contribution in [3.05, 3.63) is 71.3 Å². The Bertz CT molecular complexity index is 980. The van der Waals surface area contributed by atoms with Crippen LogP contribution in [-0.2, 0) is 16.2 Å². The summed E-state index contributed by atoms with van der Waals surface area (Å²) in [5.41, 5.74) is 5.15. The Hall–Kier alpha value is -3.16. The standard InChI is InChI=1S/C24H27N3O4/c1-30-26-21-16-24(11-13-27(14-12-24)17-19-5-3-2-4-6-19)31-22-9-7-18(15-20(21)22)8-10-23(28)25-29/h2-10,15,29H,11-14,16-17H2,1H3,(H,25,28)/b10-8+,26-21?. The number of amides is 1. The smallest absolute Gasteiger partial charge is 0.267 e. The highest BCUT2D eigenvalue weighted by Crippen LogP contribution is 2.40. The Labute approximate surface area is 181 Å². The van der Waals surface area contributed by atoms with E-state index < -0.39 is 5.91 Å². The molecule has 0 saturated carbocycles. The highest BCUT2D eigenvalue weighted by molar-refractivity contribution is 6.04. The van der Waals surface area contributed by atoms with Gasteiger partial charge in [0.2, 0.25) is 0 Å². The van der Waals surface area contributed by atoms with Crippen LogP contribution in [0.15, 0.2) is 59.8 Å². The summed E-state index contributed by atoms with van der Waals surface area (Å²) in [6.07, 6.45) is 5.41. The topological polar surface area (TPSA) is 83.4 Å². The van der Waals surface area contributed by atoms with Gasteiger partial charge < -0.3 is 9.57 Å². The van der Waals surface area contributed by atoms with Gasteiger partial charge in [0.25, 0.3) is 5.91 Å². The first-order valence-corrected chi connectivity index (χ1v) is 10.4. The van der Waals surface area contributed by atoms with E-state index >= 15 is 0 Å². The quantitative estimate of drug-likeness (QED) is 0.439. The third kappa shape index (κ3) is 4.95. The van der Waals surface area contributed by atoms with Gasteiger partial charge in [0.15, 0.2) is 0 Å². The molecule has 7 nitrogen and oxygen atoms in total. The van der Waals surface area contributed by atoms with E-state index in [-0.39, 0.29) is 5.60 Å². The fourth-order valence-corrected chi connectivity index (χ4v) is 4.28. The van der Waals surface area contributed by atoms with Crippen LogP contribution in [0.1, 0.15) is 36.0 Å². The van der Waals surface area contributed by atoms with Crippen molar-refractivity contribution in [2.24, 2.45) is 5.16 Å². The molecule has 1 fully saturated rings. The summed E-state index contributed by atoms with van der Waals surface area (Å²) in [4.78, 5) is 18.9. The van der Waals surface area contributed by atoms with Crippen LogP contribution >= 0.6 is 0 Å². The van der Waals surface area contributed by atoms with E-state index in [0.29, 0.717) is 6.42 Å². The maximum Gasteiger partial charge on any atom is 0.267 e. The summed E-state index contributed by atoms with van der Waals surface area (Å²) in [5.74, 6) is 0.197. The predicted molar refractivity (Wildman–Crippen MR) is 118 cm³/mol. The molecule has 0 atom stereocenters. The minimum Gasteiger partial charge on any atom is -0.486 e. The van der Waals surface area contributed by atoms with Crippen molar-refractivity contribution in [1.29, 1.82) is 0 Å². The predicted octanol–water partition coefficient (Wildman–Crippen LogP) is 3.37. The van der Waals surface area contributed by atoms with Crippen LogP contribution in [-0.4, -0.2) is 47.5 Å². The zero-order valence-electron chi connectivity index (χ0n) is 17.6. The summed E-state index contributed by atoms with van der Waals surface area (Å²) in [5, 5.41) is 12.9. The summed E-state index contributed by atoms with van der Waals surface area (Å²) in [6, 6.07) is 16.2. The molecule has 2 aliphatic rings. The molecule has 4 rings (SSSR count). The van der Waals surface area contributed by atoms with E-state index in [9.17, 15) is 4.79 Å². The molecule has 1 spiro atoms. The lowest BCUT2D eigenvalue weighted by Crippen LogP contribution is -2.50. The molecule has 7 heteroatoms. The maximum absolute atomic E-state index is 11.3. The van der Waals surface area contributed by atoms with E-state index in [2.05, 4.69) is 34.3 Å². The Morgan fingerprint density at radius 1 is 1.26 bits per heavy atom. The first kappa shape index (κ1) is 21.1. The molecule has 0 aliphatic carbocycles. The third-order valence-electron chi connectivity index (χ3n) is 5.89. The SMILES string of the molecule is CON=C1CC2(CCN(Cc3ccccc3)CC2)Oc2ccc(/C=C/C(=O)NO)cc21. The number of benzene rings is 2. The number of likely N-dealkylation sites (tertiary alicyclic amines) is 1. The van der Waals surface area contributed by atoms with Gasteiger partial charge >= 0.3 is 0 Å². The van der Waals surface area contributed by atoms with Crippen molar-refractivity contribution in [3.8, 4) is 5.75 Å². The lowest BCUT2D eigenvalue weighted by molar-refractivity contribution is -0.124. The molecule has 1 amide bonds. The molecular weight excluding hydrogens is 394 g/mol. The van der Waals surface area contributed by atoms with Gasteiger partial charge in [-0.2, -0.15) is 0 Å². The number of rotatable bonds is 5. The number of nitrogens with zero attached hydrogens (tertiary/aromatic N) is 2. The molecule has 162 valence electrons. The molecule has 2 heterocycles. The van der Waals surface area contributed by atoms with Gasteiger partial charge in [-0.1, -0.05) is 41.6 Å². The van der Waals surface area contributed by atoms with Crippen LogP contribution in [0, 0.1) is 0 Å². The third-order valence-corrected chi connectivity index (χ3v) is 5.89. The Morgan fingerprint density at radius 2 is 2.03 bits per heavy atom. The summed E-state index contributed by atoms with van der Waals surface area (Å²) < 4.78 is 6.53. The summed E-state index contributed by atoms with van der Waals surface area (Å²) in [7, 11) is 1.55. The largest absolute Gasteiger partial charge is 0.486 e. The molecule has 0 bridgehead atoms. The van der Waals surface area contributed by atoms with Crippen LogP contribution in [0.4, 0.5) is 0 Å². The highest BCUT2D eigenvalue weighted by atomic mass is 16.6. The molecule has 2 N–H and O–H groups in total. The van der Waals surface area contributed by atoms with Gasteiger partial charge in [0.05, 0.1) is 5.71 Å². The van der Waals surface area contributed by atoms with Crippen molar-refractivity contribution in [2.45, 2.75) is 31.4 Å². The van der Waals surface area contributed by atoms with Crippen molar-refractivity contribution in [1.82, 2.24) is 10.4 Å². The average molecular weight is 421 g/mol. The van der Waals surface area contributed by atoms with Crippen molar-refractivity contribution in [3.63, 3.8) is 0 Å². The second kappa shape index (κ2) is 9.32. The monoisotopic (exact) mass is 421 g/mol.